The molecule has 9 heteroatoms. The summed E-state index contributed by atoms with van der Waals surface area (Å²) in [5.74, 6) is -2.88. The SMILES string of the molecule is O=C(O)CC[C@@H](NC(=O)COc1ccc2c3c(c(=O)oc2c1)CCC3)C(=O)O. The Balaban J connectivity index is 1.65. The summed E-state index contributed by atoms with van der Waals surface area (Å²) in [4.78, 5) is 45.6. The van der Waals surface area contributed by atoms with Crippen molar-refractivity contribution in [3.05, 3.63) is 39.7 Å². The van der Waals surface area contributed by atoms with E-state index in [0.29, 0.717) is 23.3 Å². The molecule has 1 aliphatic carbocycles. The maximum absolute atomic E-state index is 12.0. The molecule has 3 rings (SSSR count). The summed E-state index contributed by atoms with van der Waals surface area (Å²) >= 11 is 0. The quantitative estimate of drug-likeness (QED) is 0.570. The number of amides is 1. The number of carbonyl (C=O) groups excluding carboxylic acids is 1. The molecule has 0 bridgehead atoms. The molecule has 148 valence electrons. The molecule has 3 N–H and O–H groups in total. The Morgan fingerprint density at radius 3 is 2.64 bits per heavy atom. The van der Waals surface area contributed by atoms with Crippen molar-refractivity contribution in [1.29, 1.82) is 0 Å². The van der Waals surface area contributed by atoms with Crippen molar-refractivity contribution in [3.8, 4) is 5.75 Å². The van der Waals surface area contributed by atoms with Crippen molar-refractivity contribution in [1.82, 2.24) is 5.32 Å². The van der Waals surface area contributed by atoms with Crippen molar-refractivity contribution in [2.75, 3.05) is 6.61 Å². The number of nitrogens with one attached hydrogen (secondary N) is 1. The third-order valence-corrected chi connectivity index (χ3v) is 4.60. The lowest BCUT2D eigenvalue weighted by Gasteiger charge is -2.14. The van der Waals surface area contributed by atoms with Crippen LogP contribution in [0.1, 0.15) is 30.4 Å². The van der Waals surface area contributed by atoms with Gasteiger partial charge in [0.15, 0.2) is 6.61 Å². The third-order valence-electron chi connectivity index (χ3n) is 4.60. The number of ether oxygens (including phenoxy) is 1. The number of rotatable bonds is 8. The molecule has 28 heavy (non-hydrogen) atoms. The van der Waals surface area contributed by atoms with E-state index < -0.39 is 30.5 Å². The van der Waals surface area contributed by atoms with E-state index >= 15 is 0 Å². The predicted octanol–water partition coefficient (Wildman–Crippen LogP) is 1.09. The van der Waals surface area contributed by atoms with E-state index in [9.17, 15) is 19.2 Å². The second-order valence-electron chi connectivity index (χ2n) is 6.54. The average molecular weight is 389 g/mol. The number of aryl methyl sites for hydroxylation is 1. The van der Waals surface area contributed by atoms with E-state index in [1.165, 1.54) is 6.07 Å². The van der Waals surface area contributed by atoms with Crippen LogP contribution < -0.4 is 15.7 Å². The van der Waals surface area contributed by atoms with E-state index in [4.69, 9.17) is 19.4 Å². The van der Waals surface area contributed by atoms with Crippen LogP contribution in [0.25, 0.3) is 11.0 Å². The molecule has 0 spiro atoms. The van der Waals surface area contributed by atoms with Gasteiger partial charge < -0.3 is 24.7 Å². The van der Waals surface area contributed by atoms with E-state index in [0.717, 1.165) is 23.8 Å². The summed E-state index contributed by atoms with van der Waals surface area (Å²) < 4.78 is 10.7. The number of hydrogen-bond donors (Lipinski definition) is 3. The Morgan fingerprint density at radius 2 is 1.93 bits per heavy atom. The molecule has 1 aromatic heterocycles. The van der Waals surface area contributed by atoms with Crippen LogP contribution in [0.5, 0.6) is 5.75 Å². The van der Waals surface area contributed by atoms with Crippen LogP contribution >= 0.6 is 0 Å². The normalized spacial score (nSPS) is 13.7. The van der Waals surface area contributed by atoms with Crippen molar-refractivity contribution in [2.24, 2.45) is 0 Å². The van der Waals surface area contributed by atoms with Gasteiger partial charge in [-0.2, -0.15) is 0 Å². The number of hydrogen-bond acceptors (Lipinski definition) is 6. The van der Waals surface area contributed by atoms with Crippen LogP contribution in [0.15, 0.2) is 27.4 Å². The zero-order valence-corrected chi connectivity index (χ0v) is 14.9. The van der Waals surface area contributed by atoms with Gasteiger partial charge in [-0.05, 0) is 43.4 Å². The van der Waals surface area contributed by atoms with Gasteiger partial charge in [0.25, 0.3) is 5.91 Å². The van der Waals surface area contributed by atoms with Gasteiger partial charge in [-0.3, -0.25) is 9.59 Å². The van der Waals surface area contributed by atoms with Crippen molar-refractivity contribution >= 4 is 28.8 Å². The zero-order chi connectivity index (χ0) is 20.3. The monoisotopic (exact) mass is 389 g/mol. The van der Waals surface area contributed by atoms with Gasteiger partial charge in [-0.25, -0.2) is 9.59 Å². The van der Waals surface area contributed by atoms with Crippen molar-refractivity contribution in [3.63, 3.8) is 0 Å². The molecule has 0 aliphatic heterocycles. The molecule has 2 aromatic rings. The van der Waals surface area contributed by atoms with Crippen LogP contribution in [0.3, 0.4) is 0 Å². The first-order chi connectivity index (χ1) is 13.3. The Bertz CT molecular complexity index is 993. The minimum absolute atomic E-state index is 0.233. The van der Waals surface area contributed by atoms with Crippen LogP contribution in [0.4, 0.5) is 0 Å². The Labute approximate surface area is 158 Å². The number of carbonyl (C=O) groups is 3. The molecule has 0 radical (unpaired) electrons. The minimum Gasteiger partial charge on any atom is -0.484 e. The molecule has 1 heterocycles. The van der Waals surface area contributed by atoms with Crippen molar-refractivity contribution < 1.29 is 33.8 Å². The maximum atomic E-state index is 12.0. The van der Waals surface area contributed by atoms with Gasteiger partial charge in [0.2, 0.25) is 0 Å². The van der Waals surface area contributed by atoms with E-state index in [2.05, 4.69) is 5.32 Å². The lowest BCUT2D eigenvalue weighted by atomic mass is 10.1. The fourth-order valence-corrected chi connectivity index (χ4v) is 3.26. The molecule has 0 unspecified atom stereocenters. The van der Waals surface area contributed by atoms with Crippen LogP contribution in [0, 0.1) is 0 Å². The first kappa shape index (κ1) is 19.4. The largest absolute Gasteiger partial charge is 0.484 e. The fraction of sp³-hybridized carbons (Fsp3) is 0.368. The molecule has 1 aliphatic rings. The second kappa shape index (κ2) is 8.12. The minimum atomic E-state index is -1.32. The average Bonchev–Trinajstić information content (AvgIpc) is 3.13. The smallest absolute Gasteiger partial charge is 0.339 e. The maximum Gasteiger partial charge on any atom is 0.339 e. The standard InChI is InChI=1S/C19H19NO8/c21-16(20-14(18(24)25)6-7-17(22)23)9-27-10-4-5-12-11-2-1-3-13(11)19(26)28-15(12)8-10/h4-5,8,14H,1-3,6-7,9H2,(H,20,21)(H,22,23)(H,24,25)/t14-/m1/s1. The summed E-state index contributed by atoms with van der Waals surface area (Å²) in [6.45, 7) is -0.461. The Kier molecular flexibility index (Phi) is 5.62. The zero-order valence-electron chi connectivity index (χ0n) is 14.9. The Hall–Kier alpha value is -3.36. The third kappa shape index (κ3) is 4.30. The molecule has 1 atom stereocenters. The lowest BCUT2D eigenvalue weighted by molar-refractivity contribution is -0.143. The first-order valence-electron chi connectivity index (χ1n) is 8.80. The van der Waals surface area contributed by atoms with E-state index in [1.807, 2.05) is 0 Å². The topological polar surface area (TPSA) is 143 Å². The molecule has 0 fully saturated rings. The van der Waals surface area contributed by atoms with Crippen LogP contribution in [-0.2, 0) is 27.2 Å². The number of aliphatic carboxylic acids is 2. The summed E-state index contributed by atoms with van der Waals surface area (Å²) in [7, 11) is 0. The summed E-state index contributed by atoms with van der Waals surface area (Å²) in [5, 5.41) is 20.7. The number of carboxylic acids is 2. The fourth-order valence-electron chi connectivity index (χ4n) is 3.26. The molecule has 0 saturated heterocycles. The predicted molar refractivity (Wildman–Crippen MR) is 96.4 cm³/mol. The second-order valence-corrected chi connectivity index (χ2v) is 6.54. The molecule has 0 saturated carbocycles. The highest BCUT2D eigenvalue weighted by Crippen LogP contribution is 2.29. The number of carboxylic acid groups (broad SMARTS) is 2. The Morgan fingerprint density at radius 1 is 1.18 bits per heavy atom. The number of benzene rings is 1. The summed E-state index contributed by atoms with van der Waals surface area (Å²) in [6.07, 6.45) is 1.81. The lowest BCUT2D eigenvalue weighted by Crippen LogP contribution is -2.43. The molecular weight excluding hydrogens is 370 g/mol. The summed E-state index contributed by atoms with van der Waals surface area (Å²) in [5.41, 5.74) is 1.70. The molecule has 1 aromatic carbocycles. The molecule has 9 nitrogen and oxygen atoms in total. The van der Waals surface area contributed by atoms with Gasteiger partial charge in [0.05, 0.1) is 0 Å². The highest BCUT2D eigenvalue weighted by Gasteiger charge is 2.22. The van der Waals surface area contributed by atoms with Gasteiger partial charge in [-0.15, -0.1) is 0 Å². The molecule has 1 amide bonds. The van der Waals surface area contributed by atoms with Crippen LogP contribution in [-0.4, -0.2) is 40.7 Å². The van der Waals surface area contributed by atoms with Crippen molar-refractivity contribution in [2.45, 2.75) is 38.1 Å². The molecular formula is C19H19NO8. The van der Waals surface area contributed by atoms with Gasteiger partial charge in [0, 0.05) is 23.4 Å². The van der Waals surface area contributed by atoms with Gasteiger partial charge in [-0.1, -0.05) is 0 Å². The van der Waals surface area contributed by atoms with E-state index in [-0.39, 0.29) is 18.5 Å². The first-order valence-corrected chi connectivity index (χ1v) is 8.80. The van der Waals surface area contributed by atoms with Crippen LogP contribution in [0.2, 0.25) is 0 Å². The van der Waals surface area contributed by atoms with Gasteiger partial charge in [0.1, 0.15) is 17.4 Å². The highest BCUT2D eigenvalue weighted by molar-refractivity contribution is 5.85. The number of fused-ring (bicyclic) bond motifs is 3. The highest BCUT2D eigenvalue weighted by atomic mass is 16.5. The summed E-state index contributed by atoms with van der Waals surface area (Å²) in [6, 6.07) is 3.61. The van der Waals surface area contributed by atoms with Gasteiger partial charge >= 0.3 is 17.6 Å². The van der Waals surface area contributed by atoms with E-state index in [1.54, 1.807) is 12.1 Å².